The molecule has 0 saturated heterocycles. The third-order valence-corrected chi connectivity index (χ3v) is 6.32. The second-order valence-electron chi connectivity index (χ2n) is 8.57. The molecule has 0 atom stereocenters. The Balaban J connectivity index is 1.58. The number of hydrogen-bond donors (Lipinski definition) is 0. The van der Waals surface area contributed by atoms with E-state index in [2.05, 4.69) is 46.9 Å². The molecule has 4 nitrogen and oxygen atoms in total. The van der Waals surface area contributed by atoms with Crippen LogP contribution in [0.3, 0.4) is 0 Å². The van der Waals surface area contributed by atoms with Crippen molar-refractivity contribution < 1.29 is 9.53 Å². The number of carbonyl (C=O) groups excluding carboxylic acids is 1. The quantitative estimate of drug-likeness (QED) is 0.486. The first-order valence-electron chi connectivity index (χ1n) is 11.3. The minimum absolute atomic E-state index is 0.140. The molecule has 0 spiro atoms. The minimum atomic E-state index is 0.140. The number of ether oxygens (including phenoxy) is 1. The van der Waals surface area contributed by atoms with Crippen molar-refractivity contribution >= 4 is 5.91 Å². The normalized spacial score (nSPS) is 14.4. The van der Waals surface area contributed by atoms with Crippen molar-refractivity contribution in [1.82, 2.24) is 9.47 Å². The van der Waals surface area contributed by atoms with Crippen LogP contribution in [-0.2, 0) is 13.1 Å². The van der Waals surface area contributed by atoms with E-state index in [0.29, 0.717) is 12.6 Å². The molecule has 0 aliphatic heterocycles. The maximum atomic E-state index is 13.5. The van der Waals surface area contributed by atoms with Gasteiger partial charge in [0, 0.05) is 30.0 Å². The number of rotatable bonds is 7. The molecule has 4 rings (SSSR count). The molecule has 162 valence electrons. The zero-order chi connectivity index (χ0) is 21.6. The summed E-state index contributed by atoms with van der Waals surface area (Å²) < 4.78 is 7.62. The van der Waals surface area contributed by atoms with E-state index >= 15 is 0 Å². The SMILES string of the molecule is COc1cccc(Cn2cccc2CN(C(=O)c2ccc(C)cc2)C2CCCCC2)c1. The summed E-state index contributed by atoms with van der Waals surface area (Å²) >= 11 is 0. The van der Waals surface area contributed by atoms with Crippen molar-refractivity contribution in [1.29, 1.82) is 0 Å². The van der Waals surface area contributed by atoms with Gasteiger partial charge < -0.3 is 14.2 Å². The number of aromatic nitrogens is 1. The van der Waals surface area contributed by atoms with Crippen LogP contribution in [0.4, 0.5) is 0 Å². The fraction of sp³-hybridized carbons (Fsp3) is 0.370. The van der Waals surface area contributed by atoms with Crippen molar-refractivity contribution in [3.8, 4) is 5.75 Å². The number of benzene rings is 2. The van der Waals surface area contributed by atoms with Gasteiger partial charge in [0.15, 0.2) is 0 Å². The molecule has 4 heteroatoms. The zero-order valence-corrected chi connectivity index (χ0v) is 18.6. The fourth-order valence-electron chi connectivity index (χ4n) is 4.51. The Labute approximate surface area is 185 Å². The van der Waals surface area contributed by atoms with Crippen LogP contribution in [0.2, 0.25) is 0 Å². The Hall–Kier alpha value is -3.01. The van der Waals surface area contributed by atoms with Crippen molar-refractivity contribution in [2.75, 3.05) is 7.11 Å². The number of methoxy groups -OCH3 is 1. The van der Waals surface area contributed by atoms with Gasteiger partial charge in [-0.2, -0.15) is 0 Å². The maximum Gasteiger partial charge on any atom is 0.254 e. The number of aryl methyl sites for hydroxylation is 1. The average molecular weight is 417 g/mol. The Morgan fingerprint density at radius 1 is 1.03 bits per heavy atom. The van der Waals surface area contributed by atoms with Gasteiger partial charge in [0.2, 0.25) is 0 Å². The molecule has 1 aliphatic carbocycles. The Morgan fingerprint density at radius 3 is 2.55 bits per heavy atom. The Bertz CT molecular complexity index is 1000. The van der Waals surface area contributed by atoms with Crippen LogP contribution in [0.5, 0.6) is 5.75 Å². The van der Waals surface area contributed by atoms with E-state index in [9.17, 15) is 4.79 Å². The monoisotopic (exact) mass is 416 g/mol. The zero-order valence-electron chi connectivity index (χ0n) is 18.6. The maximum absolute atomic E-state index is 13.5. The highest BCUT2D eigenvalue weighted by molar-refractivity contribution is 5.94. The molecule has 1 aromatic heterocycles. The van der Waals surface area contributed by atoms with Gasteiger partial charge in [-0.15, -0.1) is 0 Å². The molecule has 0 N–H and O–H groups in total. The lowest BCUT2D eigenvalue weighted by Crippen LogP contribution is -2.41. The van der Waals surface area contributed by atoms with Crippen LogP contribution in [0.1, 0.15) is 59.3 Å². The topological polar surface area (TPSA) is 34.5 Å². The van der Waals surface area contributed by atoms with E-state index in [-0.39, 0.29) is 5.91 Å². The molecule has 1 fully saturated rings. The van der Waals surface area contributed by atoms with Gasteiger partial charge in [-0.25, -0.2) is 0 Å². The van der Waals surface area contributed by atoms with Gasteiger partial charge in [0.25, 0.3) is 5.91 Å². The number of carbonyl (C=O) groups is 1. The van der Waals surface area contributed by atoms with E-state index < -0.39 is 0 Å². The lowest BCUT2D eigenvalue weighted by Gasteiger charge is -2.35. The van der Waals surface area contributed by atoms with Gasteiger partial charge >= 0.3 is 0 Å². The van der Waals surface area contributed by atoms with Crippen LogP contribution >= 0.6 is 0 Å². The molecule has 3 aromatic rings. The fourth-order valence-corrected chi connectivity index (χ4v) is 4.51. The van der Waals surface area contributed by atoms with Gasteiger partial charge in [0.05, 0.1) is 13.7 Å². The average Bonchev–Trinajstić information content (AvgIpc) is 3.24. The predicted molar refractivity (Wildman–Crippen MR) is 124 cm³/mol. The van der Waals surface area contributed by atoms with E-state index in [1.807, 2.05) is 36.4 Å². The lowest BCUT2D eigenvalue weighted by molar-refractivity contribution is 0.0608. The van der Waals surface area contributed by atoms with Crippen LogP contribution in [0.15, 0.2) is 66.9 Å². The molecule has 1 heterocycles. The van der Waals surface area contributed by atoms with E-state index in [4.69, 9.17) is 4.74 Å². The number of amides is 1. The highest BCUT2D eigenvalue weighted by atomic mass is 16.5. The molecule has 31 heavy (non-hydrogen) atoms. The largest absolute Gasteiger partial charge is 0.497 e. The molecule has 2 aromatic carbocycles. The van der Waals surface area contributed by atoms with Crippen molar-refractivity contribution in [3.63, 3.8) is 0 Å². The van der Waals surface area contributed by atoms with Crippen molar-refractivity contribution in [2.45, 2.75) is 58.2 Å². The highest BCUT2D eigenvalue weighted by Crippen LogP contribution is 2.26. The first-order valence-corrected chi connectivity index (χ1v) is 11.3. The summed E-state index contributed by atoms with van der Waals surface area (Å²) in [6.45, 7) is 3.45. The number of nitrogens with zero attached hydrogens (tertiary/aromatic N) is 2. The van der Waals surface area contributed by atoms with Crippen LogP contribution in [0, 0.1) is 6.92 Å². The third-order valence-electron chi connectivity index (χ3n) is 6.32. The smallest absolute Gasteiger partial charge is 0.254 e. The molecule has 0 unspecified atom stereocenters. The molecular formula is C27H32N2O2. The summed E-state index contributed by atoms with van der Waals surface area (Å²) in [5.74, 6) is 1.01. The lowest BCUT2D eigenvalue weighted by atomic mass is 9.93. The van der Waals surface area contributed by atoms with Gasteiger partial charge in [0.1, 0.15) is 5.75 Å². The molecular weight excluding hydrogens is 384 g/mol. The standard InChI is InChI=1S/C27H32N2O2/c1-21-13-15-23(16-14-21)27(30)29(24-9-4-3-5-10-24)20-25-11-7-17-28(25)19-22-8-6-12-26(18-22)31-2/h6-8,11-18,24H,3-5,9-10,19-20H2,1-2H3. The van der Waals surface area contributed by atoms with Crippen molar-refractivity contribution in [3.05, 3.63) is 89.2 Å². The van der Waals surface area contributed by atoms with Gasteiger partial charge in [-0.05, 0) is 61.7 Å². The van der Waals surface area contributed by atoms with Crippen molar-refractivity contribution in [2.24, 2.45) is 0 Å². The summed E-state index contributed by atoms with van der Waals surface area (Å²) in [4.78, 5) is 15.6. The molecule has 1 amide bonds. The summed E-state index contributed by atoms with van der Waals surface area (Å²) in [5.41, 5.74) is 4.30. The van der Waals surface area contributed by atoms with Crippen LogP contribution in [-0.4, -0.2) is 28.5 Å². The molecule has 1 saturated carbocycles. The molecule has 0 radical (unpaired) electrons. The first-order chi connectivity index (χ1) is 15.1. The van der Waals surface area contributed by atoms with E-state index in [1.165, 1.54) is 30.4 Å². The van der Waals surface area contributed by atoms with Crippen LogP contribution in [0.25, 0.3) is 0 Å². The summed E-state index contributed by atoms with van der Waals surface area (Å²) in [6, 6.07) is 20.7. The summed E-state index contributed by atoms with van der Waals surface area (Å²) in [5, 5.41) is 0. The van der Waals surface area contributed by atoms with Gasteiger partial charge in [-0.1, -0.05) is 49.1 Å². The third kappa shape index (κ3) is 5.19. The Kier molecular flexibility index (Phi) is 6.76. The van der Waals surface area contributed by atoms with Crippen LogP contribution < -0.4 is 4.74 Å². The van der Waals surface area contributed by atoms with E-state index in [0.717, 1.165) is 36.4 Å². The van der Waals surface area contributed by atoms with E-state index in [1.54, 1.807) is 7.11 Å². The number of hydrogen-bond acceptors (Lipinski definition) is 2. The highest BCUT2D eigenvalue weighted by Gasteiger charge is 2.27. The first kappa shape index (κ1) is 21.2. The summed E-state index contributed by atoms with van der Waals surface area (Å²) in [7, 11) is 1.69. The minimum Gasteiger partial charge on any atom is -0.497 e. The second-order valence-corrected chi connectivity index (χ2v) is 8.57. The van der Waals surface area contributed by atoms with Gasteiger partial charge in [-0.3, -0.25) is 4.79 Å². The Morgan fingerprint density at radius 2 is 1.81 bits per heavy atom. The predicted octanol–water partition coefficient (Wildman–Crippen LogP) is 5.83. The summed E-state index contributed by atoms with van der Waals surface area (Å²) in [6.07, 6.45) is 7.96. The second kappa shape index (κ2) is 9.86. The molecule has 1 aliphatic rings. The molecule has 0 bridgehead atoms.